The first kappa shape index (κ1) is 10.3. The van der Waals surface area contributed by atoms with Gasteiger partial charge in [-0.15, -0.1) is 0 Å². The van der Waals surface area contributed by atoms with Crippen molar-refractivity contribution >= 4 is 7.85 Å². The van der Waals surface area contributed by atoms with Gasteiger partial charge < -0.3 is 4.74 Å². The van der Waals surface area contributed by atoms with Crippen LogP contribution in [-0.4, -0.2) is 15.0 Å². The average molecular weight is 174 g/mol. The molecule has 0 N–H and O–H groups in total. The predicted octanol–water partition coefficient (Wildman–Crippen LogP) is 2.58. The quantitative estimate of drug-likeness (QED) is 0.640. The van der Waals surface area contributed by atoms with Crippen molar-refractivity contribution in [1.29, 1.82) is 0 Å². The van der Waals surface area contributed by atoms with Gasteiger partial charge in [0.25, 0.3) is 0 Å². The zero-order chi connectivity index (χ0) is 9.84. The van der Waals surface area contributed by atoms with Gasteiger partial charge in [0, 0.05) is 7.11 Å². The minimum atomic E-state index is 0.0265. The van der Waals surface area contributed by atoms with Gasteiger partial charge in [0.15, 0.2) is 0 Å². The fraction of sp³-hybridized carbons (Fsp3) is 0.455. The second-order valence-electron chi connectivity index (χ2n) is 3.38. The fourth-order valence-corrected chi connectivity index (χ4v) is 1.56. The van der Waals surface area contributed by atoms with Crippen LogP contribution in [0.4, 0.5) is 0 Å². The van der Waals surface area contributed by atoms with Crippen molar-refractivity contribution < 1.29 is 4.74 Å². The van der Waals surface area contributed by atoms with Crippen LogP contribution in [-0.2, 0) is 4.74 Å². The van der Waals surface area contributed by atoms with E-state index in [0.717, 1.165) is 0 Å². The van der Waals surface area contributed by atoms with E-state index in [4.69, 9.17) is 12.6 Å². The molecule has 0 spiro atoms. The smallest absolute Gasteiger partial charge is 0.0744 e. The van der Waals surface area contributed by atoms with Gasteiger partial charge in [-0.1, -0.05) is 35.6 Å². The van der Waals surface area contributed by atoms with Crippen molar-refractivity contribution in [2.45, 2.75) is 26.3 Å². The highest BCUT2D eigenvalue weighted by atomic mass is 16.5. The Morgan fingerprint density at radius 2 is 1.77 bits per heavy atom. The highest BCUT2D eigenvalue weighted by Gasteiger charge is 2.07. The molecule has 2 heteroatoms. The summed E-state index contributed by atoms with van der Waals surface area (Å²) in [6, 6.07) is 6.38. The average Bonchev–Trinajstić information content (AvgIpc) is 2.04. The highest BCUT2D eigenvalue weighted by molar-refractivity contribution is 6.08. The number of ether oxygens (including phenoxy) is 1. The first-order chi connectivity index (χ1) is 6.17. The predicted molar refractivity (Wildman–Crippen MR) is 56.2 cm³/mol. The minimum absolute atomic E-state index is 0.0265. The van der Waals surface area contributed by atoms with E-state index in [1.54, 1.807) is 7.11 Å². The molecule has 0 aliphatic heterocycles. The van der Waals surface area contributed by atoms with E-state index in [9.17, 15) is 0 Å². The Kier molecular flexibility index (Phi) is 3.55. The summed E-state index contributed by atoms with van der Waals surface area (Å²) in [5.41, 5.74) is 3.68. The lowest BCUT2D eigenvalue weighted by Gasteiger charge is -2.14. The number of hydrogen-bond acceptors (Lipinski definition) is 1. The van der Waals surface area contributed by atoms with Crippen LogP contribution in [0.2, 0.25) is 6.32 Å². The van der Waals surface area contributed by atoms with E-state index in [2.05, 4.69) is 32.0 Å². The molecule has 0 aliphatic carbocycles. The molecule has 0 saturated carbocycles. The monoisotopic (exact) mass is 174 g/mol. The molecule has 0 bridgehead atoms. The van der Waals surface area contributed by atoms with Crippen LogP contribution in [0.3, 0.4) is 0 Å². The van der Waals surface area contributed by atoms with Gasteiger partial charge in [0.1, 0.15) is 0 Å². The zero-order valence-corrected chi connectivity index (χ0v) is 8.50. The van der Waals surface area contributed by atoms with Crippen molar-refractivity contribution in [3.05, 3.63) is 34.9 Å². The fourth-order valence-electron chi connectivity index (χ4n) is 1.56. The third-order valence-electron chi connectivity index (χ3n) is 2.11. The van der Waals surface area contributed by atoms with Crippen molar-refractivity contribution in [2.75, 3.05) is 7.11 Å². The largest absolute Gasteiger partial charge is 0.378 e. The molecule has 68 valence electrons. The second kappa shape index (κ2) is 4.47. The summed E-state index contributed by atoms with van der Waals surface area (Å²) in [7, 11) is 7.28. The Bertz CT molecular complexity index is 259. The van der Waals surface area contributed by atoms with Gasteiger partial charge in [-0.3, -0.25) is 0 Å². The van der Waals surface area contributed by atoms with Crippen LogP contribution >= 0.6 is 0 Å². The van der Waals surface area contributed by atoms with Gasteiger partial charge in [-0.05, 0) is 19.4 Å². The van der Waals surface area contributed by atoms with Crippen molar-refractivity contribution in [1.82, 2.24) is 0 Å². The molecule has 0 aromatic heterocycles. The first-order valence-electron chi connectivity index (χ1n) is 4.48. The normalized spacial score (nSPS) is 12.8. The van der Waals surface area contributed by atoms with Gasteiger partial charge in [0.05, 0.1) is 14.0 Å². The van der Waals surface area contributed by atoms with Gasteiger partial charge >= 0.3 is 0 Å². The molecule has 1 rings (SSSR count). The molecular weight excluding hydrogens is 159 g/mol. The maximum absolute atomic E-state index is 5.59. The molecule has 1 unspecified atom stereocenters. The standard InChI is InChI=1S/C11H15BO/c1-8-4-9(2)6-10(5-8)11(7-12)13-3/h4-6,11H,7H2,1-3H3. The van der Waals surface area contributed by atoms with Crippen molar-refractivity contribution in [3.8, 4) is 0 Å². The minimum Gasteiger partial charge on any atom is -0.378 e. The van der Waals surface area contributed by atoms with E-state index in [-0.39, 0.29) is 6.10 Å². The number of methoxy groups -OCH3 is 1. The Labute approximate surface area is 81.5 Å². The second-order valence-corrected chi connectivity index (χ2v) is 3.38. The van der Waals surface area contributed by atoms with Crippen LogP contribution in [0.1, 0.15) is 22.8 Å². The Morgan fingerprint density at radius 1 is 1.23 bits per heavy atom. The van der Waals surface area contributed by atoms with E-state index in [1.807, 2.05) is 0 Å². The summed E-state index contributed by atoms with van der Waals surface area (Å²) in [5, 5.41) is 0. The zero-order valence-electron chi connectivity index (χ0n) is 8.50. The van der Waals surface area contributed by atoms with E-state index < -0.39 is 0 Å². The van der Waals surface area contributed by atoms with Crippen LogP contribution < -0.4 is 0 Å². The van der Waals surface area contributed by atoms with Gasteiger partial charge in [0.2, 0.25) is 0 Å². The molecule has 1 aromatic rings. The summed E-state index contributed by atoms with van der Waals surface area (Å²) in [6.07, 6.45) is 0.554. The molecule has 0 saturated heterocycles. The third kappa shape index (κ3) is 2.59. The lowest BCUT2D eigenvalue weighted by atomic mass is 9.92. The lowest BCUT2D eigenvalue weighted by Crippen LogP contribution is -2.01. The Hall–Kier alpha value is -0.755. The molecule has 0 heterocycles. The van der Waals surface area contributed by atoms with Crippen molar-refractivity contribution in [2.24, 2.45) is 0 Å². The van der Waals surface area contributed by atoms with Crippen LogP contribution in [0, 0.1) is 13.8 Å². The summed E-state index contributed by atoms with van der Waals surface area (Å²) >= 11 is 0. The van der Waals surface area contributed by atoms with Crippen LogP contribution in [0.5, 0.6) is 0 Å². The SMILES string of the molecule is [B]CC(OC)c1cc(C)cc(C)c1. The van der Waals surface area contributed by atoms with Crippen LogP contribution in [0.25, 0.3) is 0 Å². The molecular formula is C11H15BO. The van der Waals surface area contributed by atoms with Crippen molar-refractivity contribution in [3.63, 3.8) is 0 Å². The van der Waals surface area contributed by atoms with Gasteiger partial charge in [-0.25, -0.2) is 0 Å². The Balaban J connectivity index is 2.99. The van der Waals surface area contributed by atoms with E-state index in [1.165, 1.54) is 16.7 Å². The number of benzene rings is 1. The third-order valence-corrected chi connectivity index (χ3v) is 2.11. The summed E-state index contributed by atoms with van der Waals surface area (Å²) < 4.78 is 5.27. The van der Waals surface area contributed by atoms with E-state index >= 15 is 0 Å². The summed E-state index contributed by atoms with van der Waals surface area (Å²) in [4.78, 5) is 0. The maximum atomic E-state index is 5.59. The summed E-state index contributed by atoms with van der Waals surface area (Å²) in [5.74, 6) is 0. The summed E-state index contributed by atoms with van der Waals surface area (Å²) in [6.45, 7) is 4.17. The van der Waals surface area contributed by atoms with E-state index in [0.29, 0.717) is 6.32 Å². The highest BCUT2D eigenvalue weighted by Crippen LogP contribution is 2.21. The van der Waals surface area contributed by atoms with Crippen LogP contribution in [0.15, 0.2) is 18.2 Å². The molecule has 0 aliphatic rings. The Morgan fingerprint density at radius 3 is 2.15 bits per heavy atom. The molecule has 0 fully saturated rings. The molecule has 1 atom stereocenters. The molecule has 1 nitrogen and oxygen atoms in total. The van der Waals surface area contributed by atoms with Gasteiger partial charge in [-0.2, -0.15) is 0 Å². The molecule has 2 radical (unpaired) electrons. The number of rotatable bonds is 3. The molecule has 1 aromatic carbocycles. The number of aryl methyl sites for hydroxylation is 2. The lowest BCUT2D eigenvalue weighted by molar-refractivity contribution is 0.120. The topological polar surface area (TPSA) is 9.23 Å². The molecule has 13 heavy (non-hydrogen) atoms. The molecule has 0 amide bonds. The maximum Gasteiger partial charge on any atom is 0.0744 e. The first-order valence-corrected chi connectivity index (χ1v) is 4.48. The number of hydrogen-bond donors (Lipinski definition) is 0.